The number of hydrogen-bond donors (Lipinski definition) is 1. The number of ketones is 1. The Morgan fingerprint density at radius 3 is 2.59 bits per heavy atom. The van der Waals surface area contributed by atoms with Crippen molar-refractivity contribution in [1.82, 2.24) is 4.90 Å². The summed E-state index contributed by atoms with van der Waals surface area (Å²) in [4.78, 5) is 35.1. The minimum absolute atomic E-state index is 0.0371. The van der Waals surface area contributed by atoms with Crippen LogP contribution in [0.25, 0.3) is 0 Å². The van der Waals surface area contributed by atoms with E-state index in [2.05, 4.69) is 0 Å². The average Bonchev–Trinajstić information content (AvgIpc) is 2.49. The predicted molar refractivity (Wildman–Crippen MR) is 81.0 cm³/mol. The average molecular weight is 307 g/mol. The van der Waals surface area contributed by atoms with Gasteiger partial charge in [0.25, 0.3) is 0 Å². The first-order valence-corrected chi connectivity index (χ1v) is 7.05. The molecular weight excluding hydrogens is 286 g/mol. The van der Waals surface area contributed by atoms with Crippen molar-refractivity contribution in [2.24, 2.45) is 0 Å². The number of benzene rings is 1. The Kier molecular flexibility index (Phi) is 6.56. The number of amides is 1. The SMILES string of the molecule is CC(=O)c1cccc(OCCCC(=O)N(C)C(C)C(=O)O)c1. The molecule has 0 fully saturated rings. The number of aliphatic carboxylic acids is 1. The minimum Gasteiger partial charge on any atom is -0.494 e. The third kappa shape index (κ3) is 5.20. The van der Waals surface area contributed by atoms with Crippen molar-refractivity contribution in [2.75, 3.05) is 13.7 Å². The number of Topliss-reactive ketones (excluding diaryl/α,β-unsaturated/α-hetero) is 1. The number of carbonyl (C=O) groups is 3. The van der Waals surface area contributed by atoms with Crippen LogP contribution in [0.4, 0.5) is 0 Å². The summed E-state index contributed by atoms with van der Waals surface area (Å²) in [5.74, 6) is -0.735. The molecule has 6 heteroatoms. The van der Waals surface area contributed by atoms with Gasteiger partial charge in [-0.25, -0.2) is 4.79 Å². The molecule has 0 aromatic heterocycles. The van der Waals surface area contributed by atoms with Crippen molar-refractivity contribution in [1.29, 1.82) is 0 Å². The van der Waals surface area contributed by atoms with E-state index < -0.39 is 12.0 Å². The van der Waals surface area contributed by atoms with E-state index in [0.29, 0.717) is 24.3 Å². The topological polar surface area (TPSA) is 83.9 Å². The van der Waals surface area contributed by atoms with Crippen LogP contribution in [0.1, 0.15) is 37.0 Å². The van der Waals surface area contributed by atoms with E-state index in [-0.39, 0.29) is 18.1 Å². The highest BCUT2D eigenvalue weighted by molar-refractivity contribution is 5.94. The Morgan fingerprint density at radius 1 is 1.32 bits per heavy atom. The zero-order valence-electron chi connectivity index (χ0n) is 13.0. The van der Waals surface area contributed by atoms with Gasteiger partial charge in [-0.2, -0.15) is 0 Å². The van der Waals surface area contributed by atoms with E-state index in [1.807, 2.05) is 0 Å². The molecule has 0 bridgehead atoms. The molecule has 1 N–H and O–H groups in total. The molecule has 22 heavy (non-hydrogen) atoms. The fourth-order valence-corrected chi connectivity index (χ4v) is 1.78. The van der Waals surface area contributed by atoms with Crippen molar-refractivity contribution < 1.29 is 24.2 Å². The highest BCUT2D eigenvalue weighted by atomic mass is 16.5. The van der Waals surface area contributed by atoms with Crippen molar-refractivity contribution in [3.63, 3.8) is 0 Å². The molecule has 1 aromatic rings. The second-order valence-electron chi connectivity index (χ2n) is 5.05. The maximum absolute atomic E-state index is 11.8. The molecule has 0 saturated heterocycles. The Bertz CT molecular complexity index is 555. The third-order valence-electron chi connectivity index (χ3n) is 3.38. The Labute approximate surface area is 129 Å². The molecule has 0 radical (unpaired) electrons. The number of rotatable bonds is 8. The van der Waals surface area contributed by atoms with Gasteiger partial charge in [0.1, 0.15) is 11.8 Å². The summed E-state index contributed by atoms with van der Waals surface area (Å²) in [6, 6.07) is 6.00. The second-order valence-corrected chi connectivity index (χ2v) is 5.05. The third-order valence-corrected chi connectivity index (χ3v) is 3.38. The zero-order valence-corrected chi connectivity index (χ0v) is 13.0. The molecule has 0 spiro atoms. The van der Waals surface area contributed by atoms with Crippen LogP contribution in [0.3, 0.4) is 0 Å². The van der Waals surface area contributed by atoms with Crippen LogP contribution in [-0.2, 0) is 9.59 Å². The van der Waals surface area contributed by atoms with E-state index in [9.17, 15) is 14.4 Å². The van der Waals surface area contributed by atoms with E-state index >= 15 is 0 Å². The largest absolute Gasteiger partial charge is 0.494 e. The molecule has 120 valence electrons. The van der Waals surface area contributed by atoms with Crippen LogP contribution in [0.5, 0.6) is 5.75 Å². The van der Waals surface area contributed by atoms with Gasteiger partial charge in [0.15, 0.2) is 5.78 Å². The number of ether oxygens (including phenoxy) is 1. The lowest BCUT2D eigenvalue weighted by Gasteiger charge is -2.21. The summed E-state index contributed by atoms with van der Waals surface area (Å²) < 4.78 is 5.50. The molecule has 0 heterocycles. The molecule has 0 aliphatic carbocycles. The highest BCUT2D eigenvalue weighted by Crippen LogP contribution is 2.14. The molecule has 1 amide bonds. The summed E-state index contributed by atoms with van der Waals surface area (Å²) in [6.07, 6.45) is 0.681. The maximum Gasteiger partial charge on any atom is 0.326 e. The van der Waals surface area contributed by atoms with Crippen LogP contribution in [0.2, 0.25) is 0 Å². The molecular formula is C16H21NO5. The monoisotopic (exact) mass is 307 g/mol. The summed E-state index contributed by atoms with van der Waals surface area (Å²) in [6.45, 7) is 3.27. The lowest BCUT2D eigenvalue weighted by Crippen LogP contribution is -2.40. The first kappa shape index (κ1) is 17.7. The van der Waals surface area contributed by atoms with Crippen LogP contribution >= 0.6 is 0 Å². The summed E-state index contributed by atoms with van der Waals surface area (Å²) in [5, 5.41) is 8.85. The smallest absolute Gasteiger partial charge is 0.326 e. The van der Waals surface area contributed by atoms with Crippen LogP contribution < -0.4 is 4.74 Å². The van der Waals surface area contributed by atoms with Gasteiger partial charge in [-0.3, -0.25) is 9.59 Å². The van der Waals surface area contributed by atoms with Gasteiger partial charge in [0.2, 0.25) is 5.91 Å². The fraction of sp³-hybridized carbons (Fsp3) is 0.438. The Balaban J connectivity index is 2.39. The van der Waals surface area contributed by atoms with Gasteiger partial charge in [0, 0.05) is 19.0 Å². The Morgan fingerprint density at radius 2 is 2.00 bits per heavy atom. The second kappa shape index (κ2) is 8.17. The van der Waals surface area contributed by atoms with Gasteiger partial charge >= 0.3 is 5.97 Å². The summed E-state index contributed by atoms with van der Waals surface area (Å²) in [7, 11) is 1.47. The first-order chi connectivity index (χ1) is 10.3. The molecule has 1 aromatic carbocycles. The number of carboxylic acid groups (broad SMARTS) is 1. The van der Waals surface area contributed by atoms with Crippen molar-refractivity contribution in [3.8, 4) is 5.75 Å². The quantitative estimate of drug-likeness (QED) is 0.586. The lowest BCUT2D eigenvalue weighted by molar-refractivity contribution is -0.148. The number of carbonyl (C=O) groups excluding carboxylic acids is 2. The van der Waals surface area contributed by atoms with Gasteiger partial charge in [-0.1, -0.05) is 12.1 Å². The molecule has 1 unspecified atom stereocenters. The van der Waals surface area contributed by atoms with Crippen LogP contribution in [0.15, 0.2) is 24.3 Å². The van der Waals surface area contributed by atoms with Gasteiger partial charge in [-0.15, -0.1) is 0 Å². The van der Waals surface area contributed by atoms with E-state index in [4.69, 9.17) is 9.84 Å². The van der Waals surface area contributed by atoms with Gasteiger partial charge in [0.05, 0.1) is 6.61 Å². The normalized spacial score (nSPS) is 11.6. The van der Waals surface area contributed by atoms with Gasteiger partial charge in [-0.05, 0) is 32.4 Å². The zero-order chi connectivity index (χ0) is 16.7. The molecule has 6 nitrogen and oxygen atoms in total. The summed E-state index contributed by atoms with van der Waals surface area (Å²) >= 11 is 0. The number of hydrogen-bond acceptors (Lipinski definition) is 4. The van der Waals surface area contributed by atoms with E-state index in [1.165, 1.54) is 25.8 Å². The lowest BCUT2D eigenvalue weighted by atomic mass is 10.1. The van der Waals surface area contributed by atoms with Crippen LogP contribution in [0, 0.1) is 0 Å². The Hall–Kier alpha value is -2.37. The van der Waals surface area contributed by atoms with Gasteiger partial charge < -0.3 is 14.7 Å². The predicted octanol–water partition coefficient (Wildman–Crippen LogP) is 1.98. The molecule has 0 saturated carbocycles. The maximum atomic E-state index is 11.8. The molecule has 1 rings (SSSR count). The minimum atomic E-state index is -1.03. The first-order valence-electron chi connectivity index (χ1n) is 7.05. The van der Waals surface area contributed by atoms with E-state index in [0.717, 1.165) is 0 Å². The van der Waals surface area contributed by atoms with Crippen molar-refractivity contribution >= 4 is 17.7 Å². The number of nitrogens with zero attached hydrogens (tertiary/aromatic N) is 1. The molecule has 0 aliphatic rings. The fourth-order valence-electron chi connectivity index (χ4n) is 1.78. The van der Waals surface area contributed by atoms with Crippen LogP contribution in [-0.4, -0.2) is 47.4 Å². The highest BCUT2D eigenvalue weighted by Gasteiger charge is 2.20. The van der Waals surface area contributed by atoms with Crippen molar-refractivity contribution in [2.45, 2.75) is 32.7 Å². The van der Waals surface area contributed by atoms with E-state index in [1.54, 1.807) is 24.3 Å². The standard InChI is InChI=1S/C16H21NO5/c1-11(16(20)21)17(3)15(19)8-5-9-22-14-7-4-6-13(10-14)12(2)18/h4,6-7,10-11H,5,8-9H2,1-3H3,(H,20,21). The number of carboxylic acids is 1. The van der Waals surface area contributed by atoms with Crippen molar-refractivity contribution in [3.05, 3.63) is 29.8 Å². The molecule has 1 atom stereocenters. The summed E-state index contributed by atoms with van der Waals surface area (Å²) in [5.41, 5.74) is 0.573. The molecule has 0 aliphatic heterocycles. The number of likely N-dealkylation sites (N-methyl/N-ethyl adjacent to an activating group) is 1.